The minimum absolute atomic E-state index is 0.0383. The number of hydrogen-bond acceptors (Lipinski definition) is 5. The van der Waals surface area contributed by atoms with Crippen molar-refractivity contribution in [3.63, 3.8) is 0 Å². The van der Waals surface area contributed by atoms with Crippen molar-refractivity contribution in [3.8, 4) is 0 Å². The van der Waals surface area contributed by atoms with Crippen LogP contribution < -0.4 is 0 Å². The molecule has 0 aromatic carbocycles. The summed E-state index contributed by atoms with van der Waals surface area (Å²) in [6.45, 7) is 2.11. The van der Waals surface area contributed by atoms with Gasteiger partial charge in [0.15, 0.2) is 0 Å². The first kappa shape index (κ1) is 8.56. The lowest BCUT2D eigenvalue weighted by Crippen LogP contribution is -2.04. The van der Waals surface area contributed by atoms with Crippen LogP contribution in [0, 0.1) is 0 Å². The van der Waals surface area contributed by atoms with E-state index in [1.165, 1.54) is 0 Å². The summed E-state index contributed by atoms with van der Waals surface area (Å²) in [6.07, 6.45) is -0.770. The van der Waals surface area contributed by atoms with Crippen LogP contribution in [-0.2, 0) is 18.6 Å². The number of carbonyl (C=O) groups is 1. The average Bonchev–Trinajstić information content (AvgIpc) is 2.36. The highest BCUT2D eigenvalue weighted by molar-refractivity contribution is 7.39. The van der Waals surface area contributed by atoms with Crippen molar-refractivity contribution in [2.75, 3.05) is 13.2 Å². The van der Waals surface area contributed by atoms with E-state index in [0.29, 0.717) is 6.61 Å². The molecule has 1 rings (SSSR count). The molecule has 6 heteroatoms. The summed E-state index contributed by atoms with van der Waals surface area (Å²) < 4.78 is 24.7. The zero-order valence-corrected chi connectivity index (χ0v) is 7.03. The topological polar surface area (TPSA) is 61.8 Å². The number of rotatable bonds is 3. The van der Waals surface area contributed by atoms with Gasteiger partial charge in [0.1, 0.15) is 6.61 Å². The highest BCUT2D eigenvalue weighted by Crippen LogP contribution is 2.33. The first-order chi connectivity index (χ1) is 5.24. The minimum atomic E-state index is -2.27. The number of hydrogen-bond donors (Lipinski definition) is 0. The fourth-order valence-electron chi connectivity index (χ4n) is 0.679. The molecule has 0 amide bonds. The van der Waals surface area contributed by atoms with Crippen molar-refractivity contribution < 1.29 is 23.4 Å². The van der Waals surface area contributed by atoms with Crippen molar-refractivity contribution >= 4 is 14.2 Å². The Balaban J connectivity index is 2.37. The van der Waals surface area contributed by atoms with Crippen LogP contribution in [0.25, 0.3) is 0 Å². The zero-order valence-electron chi connectivity index (χ0n) is 6.03. The lowest BCUT2D eigenvalue weighted by molar-refractivity contribution is 0.126. The van der Waals surface area contributed by atoms with Gasteiger partial charge in [-0.3, -0.25) is 4.57 Å². The Labute approximate surface area is 64.5 Å². The van der Waals surface area contributed by atoms with Gasteiger partial charge in [-0.15, -0.1) is 0 Å². The van der Waals surface area contributed by atoms with Crippen molar-refractivity contribution in [2.45, 2.75) is 12.8 Å². The summed E-state index contributed by atoms with van der Waals surface area (Å²) >= 11 is 0. The number of cyclic esters (lactones) is 2. The first-order valence-corrected chi connectivity index (χ1v) is 4.63. The molecule has 2 unspecified atom stereocenters. The molecule has 1 aliphatic rings. The molecule has 0 aromatic heterocycles. The SMILES string of the molecule is CCO[PH](=O)C1COC(=O)O1. The van der Waals surface area contributed by atoms with Gasteiger partial charge < -0.3 is 14.0 Å². The molecule has 0 saturated carbocycles. The second-order valence-corrected chi connectivity index (χ2v) is 3.49. The molecular formula is C5H9O5P. The lowest BCUT2D eigenvalue weighted by atomic mass is 10.8. The quantitative estimate of drug-likeness (QED) is 0.478. The molecule has 1 fully saturated rings. The van der Waals surface area contributed by atoms with E-state index in [-0.39, 0.29) is 6.61 Å². The molecule has 2 atom stereocenters. The summed E-state index contributed by atoms with van der Waals surface area (Å²) in [5.41, 5.74) is 0. The molecule has 0 radical (unpaired) electrons. The highest BCUT2D eigenvalue weighted by Gasteiger charge is 2.30. The molecule has 11 heavy (non-hydrogen) atoms. The Hall–Kier alpha value is -0.540. The van der Waals surface area contributed by atoms with Gasteiger partial charge in [0, 0.05) is 0 Å². The number of carbonyl (C=O) groups excluding carboxylic acids is 1. The van der Waals surface area contributed by atoms with E-state index in [4.69, 9.17) is 4.52 Å². The van der Waals surface area contributed by atoms with Gasteiger partial charge in [-0.2, -0.15) is 0 Å². The summed E-state index contributed by atoms with van der Waals surface area (Å²) in [4.78, 5) is 10.3. The predicted octanol–water partition coefficient (Wildman–Crippen LogP) is 0.990. The van der Waals surface area contributed by atoms with Crippen LogP contribution in [0.1, 0.15) is 6.92 Å². The molecule has 1 heterocycles. The largest absolute Gasteiger partial charge is 0.509 e. The molecule has 0 N–H and O–H groups in total. The Kier molecular flexibility index (Phi) is 2.91. The van der Waals surface area contributed by atoms with Gasteiger partial charge in [0.05, 0.1) is 6.61 Å². The van der Waals surface area contributed by atoms with Crippen molar-refractivity contribution in [2.24, 2.45) is 0 Å². The van der Waals surface area contributed by atoms with Gasteiger partial charge in [0.2, 0.25) is 13.9 Å². The number of ether oxygens (including phenoxy) is 2. The van der Waals surface area contributed by atoms with Crippen LogP contribution >= 0.6 is 8.03 Å². The molecule has 1 aliphatic heterocycles. The van der Waals surface area contributed by atoms with Crippen LogP contribution in [-0.4, -0.2) is 25.2 Å². The summed E-state index contributed by atoms with van der Waals surface area (Å²) in [7, 11) is -2.27. The maximum Gasteiger partial charge on any atom is 0.509 e. The fraction of sp³-hybridized carbons (Fsp3) is 0.800. The monoisotopic (exact) mass is 180 g/mol. The Morgan fingerprint density at radius 3 is 3.00 bits per heavy atom. The molecule has 1 saturated heterocycles. The maximum absolute atomic E-state index is 11.0. The third-order valence-electron chi connectivity index (χ3n) is 1.14. The van der Waals surface area contributed by atoms with Crippen molar-refractivity contribution in [1.82, 2.24) is 0 Å². The lowest BCUT2D eigenvalue weighted by Gasteiger charge is -2.04. The van der Waals surface area contributed by atoms with E-state index < -0.39 is 20.0 Å². The molecule has 0 bridgehead atoms. The summed E-state index contributed by atoms with van der Waals surface area (Å²) in [5, 5.41) is 0. The first-order valence-electron chi connectivity index (χ1n) is 3.24. The zero-order chi connectivity index (χ0) is 8.27. The van der Waals surface area contributed by atoms with Crippen LogP contribution in [0.2, 0.25) is 0 Å². The predicted molar refractivity (Wildman–Crippen MR) is 36.8 cm³/mol. The van der Waals surface area contributed by atoms with Crippen LogP contribution in [0.4, 0.5) is 4.79 Å². The summed E-state index contributed by atoms with van der Waals surface area (Å²) in [6, 6.07) is 0. The van der Waals surface area contributed by atoms with Gasteiger partial charge in [-0.25, -0.2) is 4.79 Å². The van der Waals surface area contributed by atoms with E-state index in [0.717, 1.165) is 0 Å². The highest BCUT2D eigenvalue weighted by atomic mass is 31.1. The Morgan fingerprint density at radius 1 is 1.82 bits per heavy atom. The maximum atomic E-state index is 11.0. The Morgan fingerprint density at radius 2 is 2.55 bits per heavy atom. The van der Waals surface area contributed by atoms with Gasteiger partial charge in [-0.05, 0) is 6.92 Å². The van der Waals surface area contributed by atoms with E-state index in [9.17, 15) is 9.36 Å². The van der Waals surface area contributed by atoms with E-state index >= 15 is 0 Å². The second-order valence-electron chi connectivity index (χ2n) is 1.92. The average molecular weight is 180 g/mol. The minimum Gasteiger partial charge on any atom is -0.430 e. The molecular weight excluding hydrogens is 171 g/mol. The van der Waals surface area contributed by atoms with Gasteiger partial charge in [0.25, 0.3) is 0 Å². The molecule has 0 aliphatic carbocycles. The van der Waals surface area contributed by atoms with Gasteiger partial charge >= 0.3 is 6.16 Å². The molecule has 0 aromatic rings. The smallest absolute Gasteiger partial charge is 0.430 e. The normalized spacial score (nSPS) is 25.9. The third kappa shape index (κ3) is 2.20. The summed E-state index contributed by atoms with van der Waals surface area (Å²) in [5.74, 6) is -0.688. The molecule has 64 valence electrons. The second kappa shape index (κ2) is 3.74. The molecule has 5 nitrogen and oxygen atoms in total. The van der Waals surface area contributed by atoms with Crippen LogP contribution in [0.3, 0.4) is 0 Å². The third-order valence-corrected chi connectivity index (χ3v) is 2.52. The Bertz CT molecular complexity index is 180. The van der Waals surface area contributed by atoms with E-state index in [2.05, 4.69) is 9.47 Å². The van der Waals surface area contributed by atoms with E-state index in [1.54, 1.807) is 6.92 Å². The van der Waals surface area contributed by atoms with Crippen LogP contribution in [0.5, 0.6) is 0 Å². The van der Waals surface area contributed by atoms with E-state index in [1.807, 2.05) is 0 Å². The standard InChI is InChI=1S/C5H9O5P/c1-2-9-11(7)4-3-8-5(6)10-4/h4,11H,2-3H2,1H3. The molecule has 0 spiro atoms. The van der Waals surface area contributed by atoms with Gasteiger partial charge in [-0.1, -0.05) is 0 Å². The van der Waals surface area contributed by atoms with Crippen molar-refractivity contribution in [1.29, 1.82) is 0 Å². The van der Waals surface area contributed by atoms with Crippen molar-refractivity contribution in [3.05, 3.63) is 0 Å². The fourth-order valence-corrected chi connectivity index (χ4v) is 1.56. The van der Waals surface area contributed by atoms with Crippen LogP contribution in [0.15, 0.2) is 0 Å².